The highest BCUT2D eigenvalue weighted by molar-refractivity contribution is 9.10. The Hall–Kier alpha value is -2.17. The van der Waals surface area contributed by atoms with Crippen LogP contribution in [0.15, 0.2) is 22.7 Å². The molecule has 0 bridgehead atoms. The molecule has 0 amide bonds. The molecule has 5 atom stereocenters. The highest BCUT2D eigenvalue weighted by Crippen LogP contribution is 2.32. The first-order chi connectivity index (χ1) is 13.6. The van der Waals surface area contributed by atoms with E-state index < -0.39 is 48.6 Å². The molecule has 1 heterocycles. The van der Waals surface area contributed by atoms with Crippen molar-refractivity contribution in [3.63, 3.8) is 0 Å². The maximum atomic E-state index is 11.6. The molecule has 0 spiro atoms. The summed E-state index contributed by atoms with van der Waals surface area (Å²) in [4.78, 5) is 34.5. The van der Waals surface area contributed by atoms with Crippen LogP contribution >= 0.6 is 15.9 Å². The molecule has 1 saturated heterocycles. The van der Waals surface area contributed by atoms with Gasteiger partial charge in [0.1, 0.15) is 24.5 Å². The summed E-state index contributed by atoms with van der Waals surface area (Å²) in [5, 5.41) is 0. The van der Waals surface area contributed by atoms with Gasteiger partial charge in [0.05, 0.1) is 4.47 Å². The van der Waals surface area contributed by atoms with E-state index in [9.17, 15) is 14.4 Å². The summed E-state index contributed by atoms with van der Waals surface area (Å²) < 4.78 is 28.1. The smallest absolute Gasteiger partial charge is 0.303 e. The van der Waals surface area contributed by atoms with Crippen molar-refractivity contribution in [1.29, 1.82) is 0 Å². The van der Waals surface area contributed by atoms with Gasteiger partial charge in [0.2, 0.25) is 6.29 Å². The molecule has 160 valence electrons. The lowest BCUT2D eigenvalue weighted by Gasteiger charge is -2.43. The van der Waals surface area contributed by atoms with E-state index in [0.29, 0.717) is 10.2 Å². The Labute approximate surface area is 176 Å². The fraction of sp³-hybridized carbons (Fsp3) is 0.526. The lowest BCUT2D eigenvalue weighted by Crippen LogP contribution is -2.65. The predicted octanol–water partition coefficient (Wildman–Crippen LogP) is 1.62. The Balaban J connectivity index is 2.34. The number of rotatable bonds is 6. The number of benzene rings is 1. The number of hydrogen-bond donors (Lipinski definition) is 1. The Kier molecular flexibility index (Phi) is 8.00. The lowest BCUT2D eigenvalue weighted by molar-refractivity contribution is -0.253. The van der Waals surface area contributed by atoms with E-state index in [4.69, 9.17) is 29.4 Å². The van der Waals surface area contributed by atoms with Crippen molar-refractivity contribution in [3.8, 4) is 5.75 Å². The fourth-order valence-corrected chi connectivity index (χ4v) is 3.23. The van der Waals surface area contributed by atoms with E-state index in [1.165, 1.54) is 20.8 Å². The highest BCUT2D eigenvalue weighted by Gasteiger charge is 2.50. The largest absolute Gasteiger partial charge is 0.463 e. The second-order valence-electron chi connectivity index (χ2n) is 6.58. The topological polar surface area (TPSA) is 123 Å². The van der Waals surface area contributed by atoms with Gasteiger partial charge >= 0.3 is 17.9 Å². The van der Waals surface area contributed by atoms with Gasteiger partial charge in [-0.2, -0.15) is 0 Å². The molecule has 29 heavy (non-hydrogen) atoms. The van der Waals surface area contributed by atoms with Crippen molar-refractivity contribution in [2.45, 2.75) is 58.3 Å². The molecule has 1 aromatic carbocycles. The molecule has 0 radical (unpaired) electrons. The summed E-state index contributed by atoms with van der Waals surface area (Å²) in [5.41, 5.74) is 7.18. The van der Waals surface area contributed by atoms with Crippen molar-refractivity contribution >= 4 is 33.8 Å². The molecule has 1 aliphatic rings. The van der Waals surface area contributed by atoms with E-state index in [0.717, 1.165) is 5.56 Å². The minimum atomic E-state index is -1.08. The summed E-state index contributed by atoms with van der Waals surface area (Å²) in [7, 11) is 0. The van der Waals surface area contributed by atoms with E-state index in [1.54, 1.807) is 12.1 Å². The Morgan fingerprint density at radius 3 is 2.28 bits per heavy atom. The third-order valence-electron chi connectivity index (χ3n) is 4.15. The minimum Gasteiger partial charge on any atom is -0.463 e. The summed E-state index contributed by atoms with van der Waals surface area (Å²) in [6.07, 6.45) is -4.17. The number of ether oxygens (including phenoxy) is 5. The fourth-order valence-electron chi connectivity index (χ4n) is 2.87. The number of nitrogens with two attached hydrogens (primary N) is 1. The molecule has 0 saturated carbocycles. The summed E-state index contributed by atoms with van der Waals surface area (Å²) in [6, 6.07) is 4.42. The number of carbonyl (C=O) groups excluding carboxylic acids is 3. The summed E-state index contributed by atoms with van der Waals surface area (Å²) in [5.74, 6) is -1.33. The molecule has 2 rings (SSSR count). The highest BCUT2D eigenvalue weighted by atomic mass is 79.9. The normalized spacial score (nSPS) is 26.3. The molecule has 0 aliphatic carbocycles. The van der Waals surface area contributed by atoms with Gasteiger partial charge in [-0.25, -0.2) is 0 Å². The monoisotopic (exact) mass is 473 g/mol. The molecule has 1 aliphatic heterocycles. The van der Waals surface area contributed by atoms with Crippen molar-refractivity contribution < 1.29 is 38.1 Å². The van der Waals surface area contributed by atoms with Crippen molar-refractivity contribution in [1.82, 2.24) is 0 Å². The van der Waals surface area contributed by atoms with Gasteiger partial charge in [-0.1, -0.05) is 12.1 Å². The SMILES string of the molecule is CC(=O)OCC1O[C@@H](Oc2cccc(C)c2Br)C(N)C(OC(C)=O)[C@H]1OC(C)=O. The van der Waals surface area contributed by atoms with Crippen LogP contribution < -0.4 is 10.5 Å². The van der Waals surface area contributed by atoms with Crippen molar-refractivity contribution in [2.24, 2.45) is 5.73 Å². The average molecular weight is 474 g/mol. The van der Waals surface area contributed by atoms with Crippen LogP contribution in [0, 0.1) is 6.92 Å². The minimum absolute atomic E-state index is 0.243. The third-order valence-corrected chi connectivity index (χ3v) is 5.16. The van der Waals surface area contributed by atoms with Crippen LogP contribution in [-0.4, -0.2) is 55.2 Å². The Bertz CT molecular complexity index is 771. The number of aryl methyl sites for hydroxylation is 1. The molecular weight excluding hydrogens is 450 g/mol. The summed E-state index contributed by atoms with van der Waals surface area (Å²) >= 11 is 3.45. The standard InChI is InChI=1S/C19H24BrNO8/c1-9-6-5-7-13(15(9)20)28-19-16(21)18(27-12(4)24)17(26-11(3)23)14(29-19)8-25-10(2)22/h5-7,14,16-19H,8,21H2,1-4H3/t14?,16?,17-,18?,19+/m0/s1. The zero-order chi connectivity index (χ0) is 21.7. The van der Waals surface area contributed by atoms with Crippen LogP contribution in [0.3, 0.4) is 0 Å². The van der Waals surface area contributed by atoms with E-state index >= 15 is 0 Å². The first-order valence-corrected chi connectivity index (χ1v) is 9.70. The average Bonchev–Trinajstić information content (AvgIpc) is 2.62. The Morgan fingerprint density at radius 1 is 1.07 bits per heavy atom. The van der Waals surface area contributed by atoms with Crippen molar-refractivity contribution in [2.75, 3.05) is 6.61 Å². The number of hydrogen-bond acceptors (Lipinski definition) is 9. The molecule has 1 aromatic rings. The van der Waals surface area contributed by atoms with E-state index in [1.807, 2.05) is 13.0 Å². The lowest BCUT2D eigenvalue weighted by atomic mass is 9.97. The second kappa shape index (κ2) is 10.0. The third kappa shape index (κ3) is 6.15. The first-order valence-electron chi connectivity index (χ1n) is 8.90. The Morgan fingerprint density at radius 2 is 1.69 bits per heavy atom. The van der Waals surface area contributed by atoms with Crippen molar-refractivity contribution in [3.05, 3.63) is 28.2 Å². The maximum Gasteiger partial charge on any atom is 0.303 e. The molecule has 3 unspecified atom stereocenters. The van der Waals surface area contributed by atoms with Gasteiger partial charge in [-0.3, -0.25) is 14.4 Å². The molecular formula is C19H24BrNO8. The predicted molar refractivity (Wildman–Crippen MR) is 104 cm³/mol. The van der Waals surface area contributed by atoms with Gasteiger partial charge < -0.3 is 29.4 Å². The number of carbonyl (C=O) groups is 3. The van der Waals surface area contributed by atoms with Crippen LogP contribution in [0.1, 0.15) is 26.3 Å². The van der Waals surface area contributed by atoms with Crippen LogP contribution in [0.5, 0.6) is 5.75 Å². The molecule has 0 aromatic heterocycles. The maximum absolute atomic E-state index is 11.6. The second-order valence-corrected chi connectivity index (χ2v) is 7.37. The molecule has 1 fully saturated rings. The zero-order valence-corrected chi connectivity index (χ0v) is 18.1. The van der Waals surface area contributed by atoms with E-state index in [2.05, 4.69) is 15.9 Å². The molecule has 10 heteroatoms. The summed E-state index contributed by atoms with van der Waals surface area (Å²) in [6.45, 7) is 5.29. The van der Waals surface area contributed by atoms with Gasteiger partial charge in [0.15, 0.2) is 12.2 Å². The molecule has 9 nitrogen and oxygen atoms in total. The van der Waals surface area contributed by atoms with Gasteiger partial charge in [0.25, 0.3) is 0 Å². The van der Waals surface area contributed by atoms with Gasteiger partial charge in [-0.15, -0.1) is 0 Å². The van der Waals surface area contributed by atoms with Gasteiger partial charge in [-0.05, 0) is 34.5 Å². The van der Waals surface area contributed by atoms with Crippen LogP contribution in [0.4, 0.5) is 0 Å². The van der Waals surface area contributed by atoms with E-state index in [-0.39, 0.29) is 6.61 Å². The van der Waals surface area contributed by atoms with Crippen LogP contribution in [0.25, 0.3) is 0 Å². The quantitative estimate of drug-likeness (QED) is 0.484. The van der Waals surface area contributed by atoms with Crippen LogP contribution in [0.2, 0.25) is 0 Å². The zero-order valence-electron chi connectivity index (χ0n) is 16.5. The number of esters is 3. The number of halogens is 1. The van der Waals surface area contributed by atoms with Crippen LogP contribution in [-0.2, 0) is 33.3 Å². The van der Waals surface area contributed by atoms with Gasteiger partial charge in [0, 0.05) is 20.8 Å². The first kappa shape index (κ1) is 23.1. The molecule has 2 N–H and O–H groups in total.